The Hall–Kier alpha value is -2.50. The van der Waals surface area contributed by atoms with Crippen LogP contribution in [0.3, 0.4) is 0 Å². The number of amides is 3. The van der Waals surface area contributed by atoms with Crippen LogP contribution in [0.25, 0.3) is 0 Å². The number of hydrogen-bond acceptors (Lipinski definition) is 4. The first-order chi connectivity index (χ1) is 16.2. The maximum absolute atomic E-state index is 13.2. The molecule has 3 amide bonds. The van der Waals surface area contributed by atoms with E-state index in [1.165, 1.54) is 0 Å². The van der Waals surface area contributed by atoms with E-state index >= 15 is 0 Å². The van der Waals surface area contributed by atoms with Gasteiger partial charge in [-0.15, -0.1) is 0 Å². The zero-order valence-electron chi connectivity index (χ0n) is 19.4. The standard InChI is InChI=1S/C23H28F6N2O4/c1-3-6-14-13-16(21(34,22(24,25)26)23(27,28)29)9-10-17(14)35-12-5-4-11-31-18(32)20(2,15-7-8-15)30-19(31)33/h9-10,13,15,34H,3-8,11-12H2,1-2H3,(H,30,33). The van der Waals surface area contributed by atoms with Crippen molar-refractivity contribution >= 4 is 11.9 Å². The molecule has 1 aliphatic carbocycles. The number of benzene rings is 1. The van der Waals surface area contributed by atoms with E-state index < -0.39 is 35.1 Å². The van der Waals surface area contributed by atoms with Crippen LogP contribution in [0.2, 0.25) is 0 Å². The van der Waals surface area contributed by atoms with E-state index in [2.05, 4.69) is 5.32 Å². The Labute approximate surface area is 198 Å². The molecule has 0 spiro atoms. The molecular formula is C23H28F6N2O4. The molecule has 35 heavy (non-hydrogen) atoms. The summed E-state index contributed by atoms with van der Waals surface area (Å²) in [5, 5.41) is 12.4. The number of nitrogens with one attached hydrogen (secondary N) is 1. The third kappa shape index (κ3) is 5.07. The van der Waals surface area contributed by atoms with Crippen LogP contribution in [0, 0.1) is 5.92 Å². The highest BCUT2D eigenvalue weighted by atomic mass is 19.4. The summed E-state index contributed by atoms with van der Waals surface area (Å²) in [7, 11) is 0. The summed E-state index contributed by atoms with van der Waals surface area (Å²) in [6.07, 6.45) is -8.82. The van der Waals surface area contributed by atoms with Crippen molar-refractivity contribution in [2.45, 2.75) is 75.9 Å². The maximum atomic E-state index is 13.2. The van der Waals surface area contributed by atoms with E-state index in [1.807, 2.05) is 0 Å². The Kier molecular flexibility index (Phi) is 7.36. The normalized spacial score (nSPS) is 21.5. The minimum atomic E-state index is -5.97. The molecule has 1 heterocycles. The Morgan fingerprint density at radius 1 is 1.11 bits per heavy atom. The van der Waals surface area contributed by atoms with Crippen molar-refractivity contribution in [1.82, 2.24) is 10.2 Å². The lowest BCUT2D eigenvalue weighted by Gasteiger charge is -2.33. The number of nitrogens with zero attached hydrogens (tertiary/aromatic N) is 1. The Balaban J connectivity index is 1.62. The fourth-order valence-electron chi connectivity index (χ4n) is 4.31. The van der Waals surface area contributed by atoms with Crippen LogP contribution >= 0.6 is 0 Å². The van der Waals surface area contributed by atoms with Crippen molar-refractivity contribution in [3.63, 3.8) is 0 Å². The molecule has 2 fully saturated rings. The van der Waals surface area contributed by atoms with E-state index in [-0.39, 0.29) is 42.7 Å². The van der Waals surface area contributed by atoms with Gasteiger partial charge in [-0.3, -0.25) is 9.69 Å². The number of imide groups is 1. The Bertz CT molecular complexity index is 946. The van der Waals surface area contributed by atoms with Crippen LogP contribution in [0.5, 0.6) is 5.75 Å². The summed E-state index contributed by atoms with van der Waals surface area (Å²) in [5.74, 6) is -0.0215. The molecule has 1 aromatic rings. The van der Waals surface area contributed by atoms with Gasteiger partial charge in [0.1, 0.15) is 11.3 Å². The minimum absolute atomic E-state index is 0.0718. The fraction of sp³-hybridized carbons (Fsp3) is 0.652. The molecule has 1 aliphatic heterocycles. The lowest BCUT2D eigenvalue weighted by Crippen LogP contribution is -2.53. The highest BCUT2D eigenvalue weighted by Gasteiger charge is 2.71. The lowest BCUT2D eigenvalue weighted by molar-refractivity contribution is -0.376. The van der Waals surface area contributed by atoms with E-state index in [4.69, 9.17) is 4.74 Å². The number of hydrogen-bond donors (Lipinski definition) is 2. The van der Waals surface area contributed by atoms with Gasteiger partial charge in [0.25, 0.3) is 11.5 Å². The largest absolute Gasteiger partial charge is 0.493 e. The van der Waals surface area contributed by atoms with Gasteiger partial charge in [0.2, 0.25) is 0 Å². The topological polar surface area (TPSA) is 78.9 Å². The van der Waals surface area contributed by atoms with Crippen LogP contribution < -0.4 is 10.1 Å². The SMILES string of the molecule is CCCc1cc(C(O)(C(F)(F)F)C(F)(F)F)ccc1OCCCCN1C(=O)NC(C)(C2CC2)C1=O. The fourth-order valence-corrected chi connectivity index (χ4v) is 4.31. The molecule has 1 aromatic carbocycles. The quantitative estimate of drug-likeness (QED) is 0.269. The van der Waals surface area contributed by atoms with Crippen molar-refractivity contribution in [3.05, 3.63) is 29.3 Å². The van der Waals surface area contributed by atoms with Crippen LogP contribution in [0.15, 0.2) is 18.2 Å². The van der Waals surface area contributed by atoms with Gasteiger partial charge in [0.05, 0.1) is 6.61 Å². The second-order valence-electron chi connectivity index (χ2n) is 9.20. The zero-order valence-corrected chi connectivity index (χ0v) is 19.4. The number of carbonyl (C=O) groups is 2. The number of alkyl halides is 6. The van der Waals surface area contributed by atoms with Gasteiger partial charge >= 0.3 is 18.4 Å². The molecule has 0 aromatic heterocycles. The van der Waals surface area contributed by atoms with Crippen molar-refractivity contribution in [2.75, 3.05) is 13.2 Å². The van der Waals surface area contributed by atoms with Gasteiger partial charge < -0.3 is 15.2 Å². The molecule has 1 atom stereocenters. The first-order valence-corrected chi connectivity index (χ1v) is 11.4. The predicted molar refractivity (Wildman–Crippen MR) is 113 cm³/mol. The van der Waals surface area contributed by atoms with Crippen LogP contribution in [0.1, 0.15) is 57.1 Å². The molecule has 6 nitrogen and oxygen atoms in total. The number of ether oxygens (including phenoxy) is 1. The smallest absolute Gasteiger partial charge is 0.430 e. The first-order valence-electron chi connectivity index (χ1n) is 11.4. The summed E-state index contributed by atoms with van der Waals surface area (Å²) in [5.41, 5.74) is -7.10. The molecule has 1 unspecified atom stereocenters. The van der Waals surface area contributed by atoms with Gasteiger partial charge in [-0.25, -0.2) is 4.79 Å². The molecule has 2 aliphatic rings. The summed E-state index contributed by atoms with van der Waals surface area (Å²) >= 11 is 0. The second kappa shape index (κ2) is 9.51. The van der Waals surface area contributed by atoms with Gasteiger partial charge in [0.15, 0.2) is 0 Å². The summed E-state index contributed by atoms with van der Waals surface area (Å²) < 4.78 is 84.9. The van der Waals surface area contributed by atoms with E-state index in [9.17, 15) is 41.0 Å². The lowest BCUT2D eigenvalue weighted by atomic mass is 9.90. The Morgan fingerprint density at radius 2 is 1.74 bits per heavy atom. The predicted octanol–water partition coefficient (Wildman–Crippen LogP) is 4.83. The van der Waals surface area contributed by atoms with Gasteiger partial charge in [-0.2, -0.15) is 26.3 Å². The molecule has 12 heteroatoms. The number of halogens is 6. The van der Waals surface area contributed by atoms with Crippen molar-refractivity contribution in [1.29, 1.82) is 0 Å². The molecule has 1 saturated carbocycles. The molecule has 3 rings (SSSR count). The second-order valence-corrected chi connectivity index (χ2v) is 9.20. The highest BCUT2D eigenvalue weighted by Crippen LogP contribution is 2.50. The van der Waals surface area contributed by atoms with Gasteiger partial charge in [0, 0.05) is 12.1 Å². The first kappa shape index (κ1) is 27.1. The number of rotatable bonds is 10. The number of aryl methyl sites for hydroxylation is 1. The number of aliphatic hydroxyl groups is 1. The number of urea groups is 1. The number of unbranched alkanes of at least 4 members (excludes halogenated alkanes) is 1. The molecule has 2 N–H and O–H groups in total. The average Bonchev–Trinajstić information content (AvgIpc) is 3.57. The third-order valence-electron chi connectivity index (χ3n) is 6.55. The zero-order chi connectivity index (χ0) is 26.2. The third-order valence-corrected chi connectivity index (χ3v) is 6.55. The highest BCUT2D eigenvalue weighted by molar-refractivity contribution is 6.07. The van der Waals surface area contributed by atoms with Crippen molar-refractivity contribution in [2.24, 2.45) is 5.92 Å². The minimum Gasteiger partial charge on any atom is -0.493 e. The molecule has 0 radical (unpaired) electrons. The monoisotopic (exact) mass is 510 g/mol. The Morgan fingerprint density at radius 3 is 2.29 bits per heavy atom. The van der Waals surface area contributed by atoms with E-state index in [1.54, 1.807) is 13.8 Å². The van der Waals surface area contributed by atoms with Gasteiger partial charge in [-0.1, -0.05) is 19.4 Å². The van der Waals surface area contributed by atoms with Crippen molar-refractivity contribution in [3.8, 4) is 5.75 Å². The van der Waals surface area contributed by atoms with Crippen molar-refractivity contribution < 1.29 is 45.8 Å². The van der Waals surface area contributed by atoms with Crippen LogP contribution in [0.4, 0.5) is 31.1 Å². The summed E-state index contributed by atoms with van der Waals surface area (Å²) in [6.45, 7) is 3.65. The van der Waals surface area contributed by atoms with Crippen LogP contribution in [-0.4, -0.2) is 53.0 Å². The summed E-state index contributed by atoms with van der Waals surface area (Å²) in [4.78, 5) is 25.9. The van der Waals surface area contributed by atoms with E-state index in [0.29, 0.717) is 31.4 Å². The molecule has 1 saturated heterocycles. The van der Waals surface area contributed by atoms with Crippen LogP contribution in [-0.2, 0) is 16.8 Å². The molecule has 0 bridgehead atoms. The number of carbonyl (C=O) groups excluding carboxylic acids is 2. The average molecular weight is 510 g/mol. The maximum Gasteiger partial charge on any atom is 0.430 e. The van der Waals surface area contributed by atoms with E-state index in [0.717, 1.165) is 23.8 Å². The molecule has 196 valence electrons. The molecular weight excluding hydrogens is 482 g/mol. The van der Waals surface area contributed by atoms with Gasteiger partial charge in [-0.05, 0) is 62.6 Å². The summed E-state index contributed by atoms with van der Waals surface area (Å²) in [6, 6.07) is 1.77.